The Morgan fingerprint density at radius 1 is 1.44 bits per heavy atom. The van der Waals surface area contributed by atoms with Gasteiger partial charge in [0.25, 0.3) is 0 Å². The second-order valence-electron chi connectivity index (χ2n) is 5.74. The number of hydrogen-bond donors (Lipinski definition) is 2. The number of nitrogens with one attached hydrogen (secondary N) is 2. The van der Waals surface area contributed by atoms with Gasteiger partial charge in [0.1, 0.15) is 0 Å². The quantitative estimate of drug-likeness (QED) is 0.455. The summed E-state index contributed by atoms with van der Waals surface area (Å²) >= 11 is 0. The highest BCUT2D eigenvalue weighted by Crippen LogP contribution is 2.44. The first kappa shape index (κ1) is 16.0. The summed E-state index contributed by atoms with van der Waals surface area (Å²) in [7, 11) is 0. The van der Waals surface area contributed by atoms with E-state index in [1.165, 1.54) is 12.8 Å². The van der Waals surface area contributed by atoms with Crippen LogP contribution in [0.3, 0.4) is 0 Å². The molecule has 1 heterocycles. The van der Waals surface area contributed by atoms with Crippen LogP contribution in [0.2, 0.25) is 0 Å². The van der Waals surface area contributed by atoms with E-state index in [1.807, 2.05) is 0 Å². The van der Waals surface area contributed by atoms with E-state index < -0.39 is 0 Å². The molecule has 0 aromatic rings. The van der Waals surface area contributed by atoms with Crippen molar-refractivity contribution in [3.63, 3.8) is 0 Å². The van der Waals surface area contributed by atoms with Crippen LogP contribution in [0.15, 0.2) is 4.99 Å². The molecule has 2 unspecified atom stereocenters. The molecule has 5 heteroatoms. The Labute approximate surface area is 127 Å². The van der Waals surface area contributed by atoms with E-state index in [4.69, 9.17) is 4.74 Å². The van der Waals surface area contributed by atoms with Crippen LogP contribution in [-0.4, -0.2) is 37.8 Å². The minimum atomic E-state index is 0. The van der Waals surface area contributed by atoms with Gasteiger partial charge in [-0.05, 0) is 31.6 Å². The lowest BCUT2D eigenvalue weighted by atomic mass is 10.2. The van der Waals surface area contributed by atoms with Crippen LogP contribution in [0, 0.1) is 5.41 Å². The molecule has 18 heavy (non-hydrogen) atoms. The molecule has 0 spiro atoms. The average molecular weight is 367 g/mol. The highest BCUT2D eigenvalue weighted by molar-refractivity contribution is 14.0. The number of hydrogen-bond acceptors (Lipinski definition) is 2. The first-order valence-corrected chi connectivity index (χ1v) is 6.78. The van der Waals surface area contributed by atoms with Gasteiger partial charge in [-0.15, -0.1) is 24.0 Å². The smallest absolute Gasteiger partial charge is 0.191 e. The SMILES string of the molecule is CCNC(=NCC1CCCO1)NC1CC1(C)C.I. The van der Waals surface area contributed by atoms with Crippen LogP contribution >= 0.6 is 24.0 Å². The van der Waals surface area contributed by atoms with Gasteiger partial charge < -0.3 is 15.4 Å². The fourth-order valence-corrected chi connectivity index (χ4v) is 2.18. The molecule has 0 amide bonds. The highest BCUT2D eigenvalue weighted by atomic mass is 127. The normalized spacial score (nSPS) is 29.6. The maximum absolute atomic E-state index is 5.58. The van der Waals surface area contributed by atoms with Crippen LogP contribution in [0.4, 0.5) is 0 Å². The summed E-state index contributed by atoms with van der Waals surface area (Å²) in [5.74, 6) is 0.943. The zero-order valence-corrected chi connectivity index (χ0v) is 14.0. The van der Waals surface area contributed by atoms with Gasteiger partial charge in [-0.1, -0.05) is 13.8 Å². The lowest BCUT2D eigenvalue weighted by Crippen LogP contribution is -2.40. The third-order valence-electron chi connectivity index (χ3n) is 3.65. The monoisotopic (exact) mass is 367 g/mol. The maximum Gasteiger partial charge on any atom is 0.191 e. The average Bonchev–Trinajstić information content (AvgIpc) is 2.69. The second-order valence-corrected chi connectivity index (χ2v) is 5.74. The Morgan fingerprint density at radius 3 is 2.67 bits per heavy atom. The van der Waals surface area contributed by atoms with E-state index >= 15 is 0 Å². The van der Waals surface area contributed by atoms with Crippen molar-refractivity contribution in [2.24, 2.45) is 10.4 Å². The van der Waals surface area contributed by atoms with E-state index in [0.29, 0.717) is 17.6 Å². The van der Waals surface area contributed by atoms with Crippen molar-refractivity contribution < 1.29 is 4.74 Å². The third-order valence-corrected chi connectivity index (χ3v) is 3.65. The molecule has 2 fully saturated rings. The second kappa shape index (κ2) is 6.93. The van der Waals surface area contributed by atoms with Gasteiger partial charge in [0, 0.05) is 19.2 Å². The van der Waals surface area contributed by atoms with Gasteiger partial charge >= 0.3 is 0 Å². The predicted octanol–water partition coefficient (Wildman–Crippen LogP) is 2.14. The number of aliphatic imine (C=N–C) groups is 1. The van der Waals surface area contributed by atoms with Crippen molar-refractivity contribution in [3.05, 3.63) is 0 Å². The standard InChI is InChI=1S/C13H25N3O.HI/c1-4-14-12(16-11-8-13(11,2)3)15-9-10-6-5-7-17-10;/h10-11H,4-9H2,1-3H3,(H2,14,15,16);1H. The molecule has 1 aliphatic carbocycles. The fraction of sp³-hybridized carbons (Fsp3) is 0.923. The number of ether oxygens (including phenoxy) is 1. The number of nitrogens with zero attached hydrogens (tertiary/aromatic N) is 1. The summed E-state index contributed by atoms with van der Waals surface area (Å²) in [4.78, 5) is 4.61. The number of guanidine groups is 1. The van der Waals surface area contributed by atoms with E-state index in [1.54, 1.807) is 0 Å². The first-order valence-electron chi connectivity index (χ1n) is 6.78. The largest absolute Gasteiger partial charge is 0.376 e. The van der Waals surface area contributed by atoms with Crippen molar-refractivity contribution in [2.75, 3.05) is 19.7 Å². The van der Waals surface area contributed by atoms with E-state index in [0.717, 1.165) is 32.1 Å². The Morgan fingerprint density at radius 2 is 2.17 bits per heavy atom. The molecule has 1 saturated carbocycles. The highest BCUT2D eigenvalue weighted by Gasteiger charge is 2.46. The van der Waals surface area contributed by atoms with Crippen LogP contribution < -0.4 is 10.6 Å². The molecule has 4 nitrogen and oxygen atoms in total. The molecule has 1 saturated heterocycles. The number of rotatable bonds is 4. The third kappa shape index (κ3) is 4.57. The molecule has 2 atom stereocenters. The van der Waals surface area contributed by atoms with Crippen molar-refractivity contribution in [1.82, 2.24) is 10.6 Å². The van der Waals surface area contributed by atoms with Crippen molar-refractivity contribution in [3.8, 4) is 0 Å². The summed E-state index contributed by atoms with van der Waals surface area (Å²) in [5, 5.41) is 6.79. The Bertz CT molecular complexity index is 288. The molecule has 2 aliphatic rings. The molecule has 106 valence electrons. The van der Waals surface area contributed by atoms with Crippen molar-refractivity contribution in [2.45, 2.75) is 52.2 Å². The van der Waals surface area contributed by atoms with Crippen molar-refractivity contribution >= 4 is 29.9 Å². The molecule has 1 aliphatic heterocycles. The van der Waals surface area contributed by atoms with E-state index in [-0.39, 0.29) is 24.0 Å². The van der Waals surface area contributed by atoms with Gasteiger partial charge in [0.2, 0.25) is 0 Å². The summed E-state index contributed by atoms with van der Waals surface area (Å²) in [6.45, 7) is 9.26. The lowest BCUT2D eigenvalue weighted by molar-refractivity contribution is 0.117. The topological polar surface area (TPSA) is 45.7 Å². The molecule has 2 rings (SSSR count). The lowest BCUT2D eigenvalue weighted by Gasteiger charge is -2.13. The zero-order chi connectivity index (χ0) is 12.3. The molecule has 0 radical (unpaired) electrons. The molecule has 0 bridgehead atoms. The fourth-order valence-electron chi connectivity index (χ4n) is 2.18. The molecule has 0 aromatic carbocycles. The van der Waals surface area contributed by atoms with Crippen LogP contribution in [-0.2, 0) is 4.74 Å². The van der Waals surface area contributed by atoms with Gasteiger partial charge in [-0.25, -0.2) is 0 Å². The Balaban J connectivity index is 0.00000162. The molecular formula is C13H26IN3O. The molecular weight excluding hydrogens is 341 g/mol. The van der Waals surface area contributed by atoms with Crippen LogP contribution in [0.5, 0.6) is 0 Å². The molecule has 2 N–H and O–H groups in total. The predicted molar refractivity (Wildman–Crippen MR) is 85.7 cm³/mol. The summed E-state index contributed by atoms with van der Waals surface area (Å²) in [6.07, 6.45) is 3.90. The van der Waals surface area contributed by atoms with Crippen molar-refractivity contribution in [1.29, 1.82) is 0 Å². The Hall–Kier alpha value is -0.0400. The Kier molecular flexibility index (Phi) is 6.17. The van der Waals surface area contributed by atoms with Crippen LogP contribution in [0.1, 0.15) is 40.0 Å². The maximum atomic E-state index is 5.58. The van der Waals surface area contributed by atoms with Gasteiger partial charge in [-0.3, -0.25) is 4.99 Å². The summed E-state index contributed by atoms with van der Waals surface area (Å²) < 4.78 is 5.58. The van der Waals surface area contributed by atoms with E-state index in [2.05, 4.69) is 36.4 Å². The first-order chi connectivity index (χ1) is 8.12. The van der Waals surface area contributed by atoms with Gasteiger partial charge in [0.05, 0.1) is 12.6 Å². The molecule has 0 aromatic heterocycles. The zero-order valence-electron chi connectivity index (χ0n) is 11.7. The van der Waals surface area contributed by atoms with Gasteiger partial charge in [0.15, 0.2) is 5.96 Å². The van der Waals surface area contributed by atoms with E-state index in [9.17, 15) is 0 Å². The number of halogens is 1. The minimum absolute atomic E-state index is 0. The minimum Gasteiger partial charge on any atom is -0.376 e. The summed E-state index contributed by atoms with van der Waals surface area (Å²) in [5.41, 5.74) is 0.431. The van der Waals surface area contributed by atoms with Crippen LogP contribution in [0.25, 0.3) is 0 Å². The van der Waals surface area contributed by atoms with Gasteiger partial charge in [-0.2, -0.15) is 0 Å². The summed E-state index contributed by atoms with van der Waals surface area (Å²) in [6, 6.07) is 0.574.